The standard InChI is InChI=1S/C11H19N3O/c1-4-9(12-3)6-10-7-11(15-5-2)14-8-13-10/h7-9,12H,4-6H2,1-3H3. The van der Waals surface area contributed by atoms with Gasteiger partial charge in [-0.05, 0) is 20.4 Å². The third-order valence-corrected chi connectivity index (χ3v) is 2.35. The Morgan fingerprint density at radius 1 is 1.40 bits per heavy atom. The molecule has 1 atom stereocenters. The van der Waals surface area contributed by atoms with Crippen LogP contribution in [0.4, 0.5) is 0 Å². The van der Waals surface area contributed by atoms with Gasteiger partial charge < -0.3 is 10.1 Å². The maximum Gasteiger partial charge on any atom is 0.216 e. The van der Waals surface area contributed by atoms with Crippen molar-refractivity contribution in [2.24, 2.45) is 0 Å². The highest BCUT2D eigenvalue weighted by molar-refractivity contribution is 5.14. The summed E-state index contributed by atoms with van der Waals surface area (Å²) < 4.78 is 5.32. The Bertz CT molecular complexity index is 287. The summed E-state index contributed by atoms with van der Waals surface area (Å²) in [5.74, 6) is 0.661. The third kappa shape index (κ3) is 3.83. The van der Waals surface area contributed by atoms with Crippen molar-refractivity contribution in [1.29, 1.82) is 0 Å². The van der Waals surface area contributed by atoms with Gasteiger partial charge in [-0.15, -0.1) is 0 Å². The smallest absolute Gasteiger partial charge is 0.216 e. The Hall–Kier alpha value is -1.16. The van der Waals surface area contributed by atoms with Crippen LogP contribution in [0.5, 0.6) is 5.88 Å². The largest absolute Gasteiger partial charge is 0.478 e. The highest BCUT2D eigenvalue weighted by Crippen LogP contribution is 2.09. The highest BCUT2D eigenvalue weighted by Gasteiger charge is 2.06. The van der Waals surface area contributed by atoms with Gasteiger partial charge in [-0.1, -0.05) is 6.92 Å². The van der Waals surface area contributed by atoms with Gasteiger partial charge >= 0.3 is 0 Å². The number of ether oxygens (including phenoxy) is 1. The van der Waals surface area contributed by atoms with Gasteiger partial charge in [0.1, 0.15) is 6.33 Å². The van der Waals surface area contributed by atoms with Gasteiger partial charge in [0.25, 0.3) is 0 Å². The summed E-state index contributed by atoms with van der Waals surface area (Å²) in [6.45, 7) is 4.75. The summed E-state index contributed by atoms with van der Waals surface area (Å²) in [5, 5.41) is 3.25. The van der Waals surface area contributed by atoms with Crippen LogP contribution in [0.25, 0.3) is 0 Å². The minimum absolute atomic E-state index is 0.467. The molecule has 1 aromatic rings. The topological polar surface area (TPSA) is 47.0 Å². The summed E-state index contributed by atoms with van der Waals surface area (Å²) in [4.78, 5) is 8.26. The molecular weight excluding hydrogens is 190 g/mol. The fourth-order valence-corrected chi connectivity index (χ4v) is 1.42. The third-order valence-electron chi connectivity index (χ3n) is 2.35. The number of likely N-dealkylation sites (N-methyl/N-ethyl adjacent to an activating group) is 1. The van der Waals surface area contributed by atoms with Crippen LogP contribution in [0.15, 0.2) is 12.4 Å². The Kier molecular flexibility index (Phi) is 5.04. The molecule has 0 saturated heterocycles. The molecule has 4 heteroatoms. The lowest BCUT2D eigenvalue weighted by molar-refractivity contribution is 0.325. The van der Waals surface area contributed by atoms with Crippen molar-refractivity contribution in [3.8, 4) is 5.88 Å². The van der Waals surface area contributed by atoms with Crippen LogP contribution in [-0.4, -0.2) is 29.7 Å². The molecule has 15 heavy (non-hydrogen) atoms. The predicted octanol–water partition coefficient (Wildman–Crippen LogP) is 1.42. The molecule has 0 radical (unpaired) electrons. The molecule has 1 N–H and O–H groups in total. The fourth-order valence-electron chi connectivity index (χ4n) is 1.42. The van der Waals surface area contributed by atoms with E-state index >= 15 is 0 Å². The number of nitrogens with zero attached hydrogens (tertiary/aromatic N) is 2. The van der Waals surface area contributed by atoms with Gasteiger partial charge in [0, 0.05) is 24.2 Å². The van der Waals surface area contributed by atoms with E-state index in [1.54, 1.807) is 6.33 Å². The molecule has 84 valence electrons. The molecule has 1 unspecified atom stereocenters. The minimum Gasteiger partial charge on any atom is -0.478 e. The van der Waals surface area contributed by atoms with Gasteiger partial charge in [0.2, 0.25) is 5.88 Å². The van der Waals surface area contributed by atoms with E-state index in [0.717, 1.165) is 18.5 Å². The number of nitrogens with one attached hydrogen (secondary N) is 1. The van der Waals surface area contributed by atoms with Crippen LogP contribution in [0.3, 0.4) is 0 Å². The van der Waals surface area contributed by atoms with Crippen molar-refractivity contribution in [3.05, 3.63) is 18.1 Å². The first-order valence-corrected chi connectivity index (χ1v) is 5.41. The van der Waals surface area contributed by atoms with Crippen molar-refractivity contribution >= 4 is 0 Å². The van der Waals surface area contributed by atoms with Crippen molar-refractivity contribution in [2.75, 3.05) is 13.7 Å². The minimum atomic E-state index is 0.467. The van der Waals surface area contributed by atoms with Crippen LogP contribution >= 0.6 is 0 Å². The molecule has 0 aromatic carbocycles. The van der Waals surface area contributed by atoms with E-state index in [4.69, 9.17) is 4.74 Å². The molecule has 0 fully saturated rings. The molecule has 4 nitrogen and oxygen atoms in total. The summed E-state index contributed by atoms with van der Waals surface area (Å²) >= 11 is 0. The molecule has 0 spiro atoms. The summed E-state index contributed by atoms with van der Waals surface area (Å²) in [5.41, 5.74) is 1.02. The Balaban J connectivity index is 2.64. The summed E-state index contributed by atoms with van der Waals surface area (Å²) in [7, 11) is 1.97. The first kappa shape index (κ1) is 11.9. The zero-order valence-corrected chi connectivity index (χ0v) is 9.66. The van der Waals surface area contributed by atoms with Crippen LogP contribution in [0.2, 0.25) is 0 Å². The first-order valence-electron chi connectivity index (χ1n) is 5.41. The van der Waals surface area contributed by atoms with E-state index in [2.05, 4.69) is 22.2 Å². The predicted molar refractivity (Wildman–Crippen MR) is 60.0 cm³/mol. The van der Waals surface area contributed by atoms with Crippen molar-refractivity contribution < 1.29 is 4.74 Å². The fraction of sp³-hybridized carbons (Fsp3) is 0.636. The monoisotopic (exact) mass is 209 g/mol. The number of aromatic nitrogens is 2. The maximum atomic E-state index is 5.32. The lowest BCUT2D eigenvalue weighted by Gasteiger charge is -2.13. The Morgan fingerprint density at radius 2 is 2.20 bits per heavy atom. The molecule has 0 aliphatic carbocycles. The second-order valence-corrected chi connectivity index (χ2v) is 3.38. The van der Waals surface area contributed by atoms with Gasteiger partial charge in [-0.3, -0.25) is 0 Å². The summed E-state index contributed by atoms with van der Waals surface area (Å²) in [6, 6.07) is 2.37. The zero-order chi connectivity index (χ0) is 11.1. The quantitative estimate of drug-likeness (QED) is 0.769. The lowest BCUT2D eigenvalue weighted by Crippen LogP contribution is -2.26. The van der Waals surface area contributed by atoms with Gasteiger partial charge in [-0.2, -0.15) is 0 Å². The number of hydrogen-bond donors (Lipinski definition) is 1. The van der Waals surface area contributed by atoms with Crippen molar-refractivity contribution in [3.63, 3.8) is 0 Å². The maximum absolute atomic E-state index is 5.32. The Labute approximate surface area is 91.1 Å². The van der Waals surface area contributed by atoms with Crippen LogP contribution in [0, 0.1) is 0 Å². The number of rotatable bonds is 6. The highest BCUT2D eigenvalue weighted by atomic mass is 16.5. The first-order chi connectivity index (χ1) is 7.30. The van der Waals surface area contributed by atoms with E-state index < -0.39 is 0 Å². The van der Waals surface area contributed by atoms with Crippen LogP contribution in [-0.2, 0) is 6.42 Å². The van der Waals surface area contributed by atoms with E-state index in [1.165, 1.54) is 0 Å². The molecule has 1 rings (SSSR count). The molecule has 0 amide bonds. The van der Waals surface area contributed by atoms with Gasteiger partial charge in [-0.25, -0.2) is 9.97 Å². The average Bonchev–Trinajstić information content (AvgIpc) is 2.27. The number of hydrogen-bond acceptors (Lipinski definition) is 4. The average molecular weight is 209 g/mol. The SMILES string of the molecule is CCOc1cc(CC(CC)NC)ncn1. The molecule has 1 heterocycles. The zero-order valence-electron chi connectivity index (χ0n) is 9.66. The van der Waals surface area contributed by atoms with E-state index in [0.29, 0.717) is 18.5 Å². The van der Waals surface area contributed by atoms with Gasteiger partial charge in [0.05, 0.1) is 6.61 Å². The van der Waals surface area contributed by atoms with Crippen LogP contribution < -0.4 is 10.1 Å². The molecule has 0 saturated carbocycles. The van der Waals surface area contributed by atoms with Crippen molar-refractivity contribution in [1.82, 2.24) is 15.3 Å². The molecular formula is C11H19N3O. The second kappa shape index (κ2) is 6.35. The normalized spacial score (nSPS) is 12.5. The van der Waals surface area contributed by atoms with Crippen molar-refractivity contribution in [2.45, 2.75) is 32.7 Å². The van der Waals surface area contributed by atoms with Crippen LogP contribution in [0.1, 0.15) is 26.0 Å². The Morgan fingerprint density at radius 3 is 2.80 bits per heavy atom. The molecule has 0 aliphatic rings. The van der Waals surface area contributed by atoms with E-state index in [9.17, 15) is 0 Å². The second-order valence-electron chi connectivity index (χ2n) is 3.38. The van der Waals surface area contributed by atoms with E-state index in [1.807, 2.05) is 20.0 Å². The molecule has 0 aliphatic heterocycles. The van der Waals surface area contributed by atoms with Gasteiger partial charge in [0.15, 0.2) is 0 Å². The summed E-state index contributed by atoms with van der Waals surface area (Å²) in [6.07, 6.45) is 3.56. The van der Waals surface area contributed by atoms with E-state index in [-0.39, 0.29) is 0 Å². The molecule has 0 bridgehead atoms. The molecule has 1 aromatic heterocycles. The lowest BCUT2D eigenvalue weighted by atomic mass is 10.1.